The number of hydrogen-bond acceptors (Lipinski definition) is 0. The maximum Gasteiger partial charge on any atom is -0.0233 e. The minimum atomic E-state index is 0.733. The van der Waals surface area contributed by atoms with Crippen LogP contribution >= 0.6 is 0 Å². The summed E-state index contributed by atoms with van der Waals surface area (Å²) in [7, 11) is 0. The quantitative estimate of drug-likeness (QED) is 0.379. The topological polar surface area (TPSA) is 0 Å². The molecule has 0 bridgehead atoms. The summed E-state index contributed by atoms with van der Waals surface area (Å²) in [5, 5.41) is 0. The summed E-state index contributed by atoms with van der Waals surface area (Å²) in [5.74, 6) is 0.733. The van der Waals surface area contributed by atoms with Crippen LogP contribution in [0.2, 0.25) is 0 Å². The first-order valence-corrected chi connectivity index (χ1v) is 5.55. The van der Waals surface area contributed by atoms with Crippen LogP contribution in [0.15, 0.2) is 18.2 Å². The van der Waals surface area contributed by atoms with E-state index in [4.69, 9.17) is 6.58 Å². The van der Waals surface area contributed by atoms with Crippen molar-refractivity contribution >= 4 is 0 Å². The molecule has 13 heavy (non-hydrogen) atoms. The molecule has 0 aliphatic heterocycles. The molecule has 0 fully saturated rings. The van der Waals surface area contributed by atoms with E-state index in [1.54, 1.807) is 6.08 Å². The Balaban J connectivity index is 3.55. The average Bonchev–Trinajstić information content (AvgIpc) is 2.17. The highest BCUT2D eigenvalue weighted by atomic mass is 14.0. The average molecular weight is 179 g/mol. The van der Waals surface area contributed by atoms with Crippen LogP contribution in [0.25, 0.3) is 0 Å². The van der Waals surface area contributed by atoms with Crippen molar-refractivity contribution in [2.75, 3.05) is 0 Å². The standard InChI is InChI=1S/C13H23/c1-4-7-9-10-12-13(6-3)11-8-5-2/h2,5,10,12-13H,4,6-9,11H2,1,3H3. The van der Waals surface area contributed by atoms with E-state index in [1.807, 2.05) is 0 Å². The Morgan fingerprint density at radius 3 is 2.54 bits per heavy atom. The minimum Gasteiger partial charge on any atom is -0.0883 e. The van der Waals surface area contributed by atoms with Gasteiger partial charge in [0.05, 0.1) is 0 Å². The van der Waals surface area contributed by atoms with Gasteiger partial charge >= 0.3 is 0 Å². The van der Waals surface area contributed by atoms with E-state index in [2.05, 4.69) is 26.0 Å². The molecule has 1 atom stereocenters. The van der Waals surface area contributed by atoms with Crippen LogP contribution in [0.5, 0.6) is 0 Å². The zero-order valence-corrected chi connectivity index (χ0v) is 9.13. The first-order valence-electron chi connectivity index (χ1n) is 5.55. The van der Waals surface area contributed by atoms with Gasteiger partial charge in [-0.1, -0.05) is 51.5 Å². The lowest BCUT2D eigenvalue weighted by Gasteiger charge is -2.07. The summed E-state index contributed by atoms with van der Waals surface area (Å²) < 4.78 is 0. The van der Waals surface area contributed by atoms with Crippen molar-refractivity contribution in [3.8, 4) is 0 Å². The number of unbranched alkanes of at least 4 members (excludes halogenated alkanes) is 2. The third-order valence-corrected chi connectivity index (χ3v) is 2.36. The van der Waals surface area contributed by atoms with E-state index in [0.717, 1.165) is 12.3 Å². The molecule has 0 aromatic rings. The van der Waals surface area contributed by atoms with Gasteiger partial charge in [0.15, 0.2) is 0 Å². The van der Waals surface area contributed by atoms with Crippen molar-refractivity contribution in [3.05, 3.63) is 24.8 Å². The largest absolute Gasteiger partial charge is 0.0883 e. The lowest BCUT2D eigenvalue weighted by molar-refractivity contribution is 0.576. The Bertz CT molecular complexity index is 133. The normalized spacial score (nSPS) is 13.4. The summed E-state index contributed by atoms with van der Waals surface area (Å²) in [4.78, 5) is 0. The Morgan fingerprint density at radius 1 is 1.23 bits per heavy atom. The predicted molar refractivity (Wildman–Crippen MR) is 60.6 cm³/mol. The Labute approximate surface area is 83.7 Å². The number of allylic oxidation sites excluding steroid dienone is 3. The molecule has 1 unspecified atom stereocenters. The lowest BCUT2D eigenvalue weighted by Crippen LogP contribution is -1.92. The van der Waals surface area contributed by atoms with Crippen molar-refractivity contribution < 1.29 is 0 Å². The van der Waals surface area contributed by atoms with Crippen molar-refractivity contribution in [1.29, 1.82) is 0 Å². The Kier molecular flexibility index (Phi) is 9.18. The molecule has 0 aromatic carbocycles. The zero-order chi connectivity index (χ0) is 9.94. The fourth-order valence-electron chi connectivity index (χ4n) is 1.36. The summed E-state index contributed by atoms with van der Waals surface area (Å²) >= 11 is 0. The van der Waals surface area contributed by atoms with Crippen LogP contribution < -0.4 is 0 Å². The van der Waals surface area contributed by atoms with E-state index in [9.17, 15) is 0 Å². The highest BCUT2D eigenvalue weighted by Gasteiger charge is 1.98. The van der Waals surface area contributed by atoms with Gasteiger partial charge in [-0.15, -0.1) is 0 Å². The third-order valence-electron chi connectivity index (χ3n) is 2.36. The summed E-state index contributed by atoms with van der Waals surface area (Å²) in [6, 6.07) is 0. The van der Waals surface area contributed by atoms with Gasteiger partial charge in [-0.2, -0.15) is 0 Å². The van der Waals surface area contributed by atoms with Crippen LogP contribution in [0, 0.1) is 12.5 Å². The predicted octanol–water partition coefficient (Wildman–Crippen LogP) is 4.53. The van der Waals surface area contributed by atoms with E-state index >= 15 is 0 Å². The van der Waals surface area contributed by atoms with Gasteiger partial charge in [0.25, 0.3) is 0 Å². The van der Waals surface area contributed by atoms with Crippen LogP contribution in [0.4, 0.5) is 0 Å². The molecule has 0 saturated heterocycles. The minimum absolute atomic E-state index is 0.733. The van der Waals surface area contributed by atoms with Gasteiger partial charge in [-0.05, 0) is 31.6 Å². The highest BCUT2D eigenvalue weighted by molar-refractivity contribution is 4.88. The maximum atomic E-state index is 5.36. The van der Waals surface area contributed by atoms with Gasteiger partial charge in [-0.3, -0.25) is 0 Å². The number of rotatable bonds is 8. The second kappa shape index (κ2) is 9.57. The van der Waals surface area contributed by atoms with Crippen molar-refractivity contribution in [2.24, 2.45) is 5.92 Å². The molecule has 0 amide bonds. The van der Waals surface area contributed by atoms with Gasteiger partial charge in [0, 0.05) is 0 Å². The molecule has 1 radical (unpaired) electrons. The van der Waals surface area contributed by atoms with Crippen molar-refractivity contribution in [1.82, 2.24) is 0 Å². The monoisotopic (exact) mass is 179 g/mol. The van der Waals surface area contributed by atoms with Gasteiger partial charge in [0.1, 0.15) is 0 Å². The van der Waals surface area contributed by atoms with Gasteiger partial charge < -0.3 is 0 Å². The fourth-order valence-corrected chi connectivity index (χ4v) is 1.36. The second-order valence-electron chi connectivity index (χ2n) is 3.55. The molecule has 0 heterocycles. The van der Waals surface area contributed by atoms with Crippen molar-refractivity contribution in [2.45, 2.75) is 52.4 Å². The maximum absolute atomic E-state index is 5.36. The molecule has 0 heteroatoms. The molecular formula is C13H23. The summed E-state index contributed by atoms with van der Waals surface area (Å²) in [5.41, 5.74) is 0. The summed E-state index contributed by atoms with van der Waals surface area (Å²) in [6.07, 6.45) is 13.8. The molecule has 75 valence electrons. The van der Waals surface area contributed by atoms with Crippen LogP contribution in [-0.2, 0) is 0 Å². The van der Waals surface area contributed by atoms with Gasteiger partial charge in [0.2, 0.25) is 0 Å². The molecule has 0 N–H and O–H groups in total. The van der Waals surface area contributed by atoms with Gasteiger partial charge in [-0.25, -0.2) is 0 Å². The lowest BCUT2D eigenvalue weighted by atomic mass is 9.99. The summed E-state index contributed by atoms with van der Waals surface area (Å²) in [6.45, 7) is 9.83. The zero-order valence-electron chi connectivity index (χ0n) is 9.13. The Hall–Kier alpha value is -0.520. The SMILES string of the molecule is [CH]=CCCC(C=CCCCC)CC. The third kappa shape index (κ3) is 7.83. The number of hydrogen-bond donors (Lipinski definition) is 0. The second-order valence-corrected chi connectivity index (χ2v) is 3.55. The molecule has 0 aliphatic carbocycles. The first-order chi connectivity index (χ1) is 6.35. The molecule has 0 nitrogen and oxygen atoms in total. The molecule has 0 aromatic heterocycles. The Morgan fingerprint density at radius 2 is 2.00 bits per heavy atom. The molecule has 0 aliphatic rings. The van der Waals surface area contributed by atoms with Crippen molar-refractivity contribution in [3.63, 3.8) is 0 Å². The smallest absolute Gasteiger partial charge is 0.0233 e. The van der Waals surface area contributed by atoms with Crippen LogP contribution in [0.1, 0.15) is 52.4 Å². The molecule has 0 rings (SSSR count). The molecule has 0 saturated carbocycles. The first kappa shape index (κ1) is 12.5. The highest BCUT2D eigenvalue weighted by Crippen LogP contribution is 2.13. The van der Waals surface area contributed by atoms with Crippen LogP contribution in [-0.4, -0.2) is 0 Å². The van der Waals surface area contributed by atoms with E-state index in [-0.39, 0.29) is 0 Å². The van der Waals surface area contributed by atoms with Crippen LogP contribution in [0.3, 0.4) is 0 Å². The van der Waals surface area contributed by atoms with E-state index in [1.165, 1.54) is 32.1 Å². The molecular weight excluding hydrogens is 156 g/mol. The molecule has 0 spiro atoms. The van der Waals surface area contributed by atoms with E-state index in [0.29, 0.717) is 0 Å². The fraction of sp³-hybridized carbons (Fsp3) is 0.692. The van der Waals surface area contributed by atoms with E-state index < -0.39 is 0 Å².